The highest BCUT2D eigenvalue weighted by molar-refractivity contribution is 6.08. The quantitative estimate of drug-likeness (QED) is 0.487. The van der Waals surface area contributed by atoms with Crippen molar-refractivity contribution in [2.24, 2.45) is 0 Å². The van der Waals surface area contributed by atoms with Gasteiger partial charge in [0.15, 0.2) is 0 Å². The number of amides is 2. The summed E-state index contributed by atoms with van der Waals surface area (Å²) in [6, 6.07) is 16.9. The Hall–Kier alpha value is -3.45. The highest BCUT2D eigenvalue weighted by Gasteiger charge is 2.29. The van der Waals surface area contributed by atoms with Gasteiger partial charge in [0.05, 0.1) is 12.1 Å². The SMILES string of the molecule is O=C(c1cccc2ncccc12)N1CCN(c2ccc(OCCCN3CCCCC3)cc2)C(=O)C1. The molecule has 7 nitrogen and oxygen atoms in total. The number of pyridine rings is 1. The minimum atomic E-state index is -0.134. The van der Waals surface area contributed by atoms with Gasteiger partial charge in [0.1, 0.15) is 12.3 Å². The van der Waals surface area contributed by atoms with Crippen molar-refractivity contribution in [2.45, 2.75) is 25.7 Å². The monoisotopic (exact) mass is 472 g/mol. The summed E-state index contributed by atoms with van der Waals surface area (Å²) in [6.45, 7) is 5.20. The molecule has 2 amide bonds. The second-order valence-corrected chi connectivity index (χ2v) is 9.25. The lowest BCUT2D eigenvalue weighted by atomic mass is 10.1. The third-order valence-corrected chi connectivity index (χ3v) is 6.87. The van der Waals surface area contributed by atoms with Crippen LogP contribution in [0, 0.1) is 0 Å². The molecule has 2 fully saturated rings. The summed E-state index contributed by atoms with van der Waals surface area (Å²) in [5.41, 5.74) is 2.19. The van der Waals surface area contributed by atoms with Crippen molar-refractivity contribution >= 4 is 28.4 Å². The molecular formula is C28H32N4O3. The first kappa shape index (κ1) is 23.3. The van der Waals surface area contributed by atoms with Gasteiger partial charge in [-0.05, 0) is 74.8 Å². The number of carbonyl (C=O) groups is 2. The summed E-state index contributed by atoms with van der Waals surface area (Å²) in [5.74, 6) is 0.598. The smallest absolute Gasteiger partial charge is 0.255 e. The molecule has 2 aliphatic rings. The second-order valence-electron chi connectivity index (χ2n) is 9.25. The number of rotatable bonds is 7. The molecule has 2 aliphatic heterocycles. The molecule has 2 saturated heterocycles. The van der Waals surface area contributed by atoms with Crippen molar-refractivity contribution in [3.05, 3.63) is 66.4 Å². The van der Waals surface area contributed by atoms with E-state index in [1.807, 2.05) is 48.5 Å². The molecule has 5 rings (SSSR count). The van der Waals surface area contributed by atoms with Crippen LogP contribution >= 0.6 is 0 Å². The average molecular weight is 473 g/mol. The predicted octanol–water partition coefficient (Wildman–Crippen LogP) is 3.98. The van der Waals surface area contributed by atoms with Gasteiger partial charge in [-0.1, -0.05) is 18.6 Å². The molecule has 0 radical (unpaired) electrons. The van der Waals surface area contributed by atoms with Crippen LogP contribution in [0.15, 0.2) is 60.8 Å². The first-order chi connectivity index (χ1) is 17.2. The van der Waals surface area contributed by atoms with Crippen LogP contribution in [0.3, 0.4) is 0 Å². The summed E-state index contributed by atoms with van der Waals surface area (Å²) in [7, 11) is 0. The fraction of sp³-hybridized carbons (Fsp3) is 0.393. The molecule has 0 saturated carbocycles. The van der Waals surface area contributed by atoms with E-state index in [1.54, 1.807) is 22.1 Å². The van der Waals surface area contributed by atoms with E-state index in [0.29, 0.717) is 25.3 Å². The van der Waals surface area contributed by atoms with E-state index >= 15 is 0 Å². The van der Waals surface area contributed by atoms with Crippen LogP contribution in [0.5, 0.6) is 5.75 Å². The summed E-state index contributed by atoms with van der Waals surface area (Å²) < 4.78 is 5.91. The van der Waals surface area contributed by atoms with E-state index in [4.69, 9.17) is 4.74 Å². The Morgan fingerprint density at radius 3 is 2.54 bits per heavy atom. The number of hydrogen-bond donors (Lipinski definition) is 0. The van der Waals surface area contributed by atoms with Crippen molar-refractivity contribution in [2.75, 3.05) is 50.8 Å². The molecule has 0 bridgehead atoms. The molecule has 0 unspecified atom stereocenters. The van der Waals surface area contributed by atoms with Crippen molar-refractivity contribution in [1.29, 1.82) is 0 Å². The van der Waals surface area contributed by atoms with Crippen LogP contribution in [0.4, 0.5) is 5.69 Å². The molecule has 0 aliphatic carbocycles. The summed E-state index contributed by atoms with van der Waals surface area (Å²) >= 11 is 0. The Kier molecular flexibility index (Phi) is 7.23. The van der Waals surface area contributed by atoms with Gasteiger partial charge in [-0.25, -0.2) is 0 Å². The third kappa shape index (κ3) is 5.46. The fourth-order valence-corrected chi connectivity index (χ4v) is 4.96. The molecule has 7 heteroatoms. The van der Waals surface area contributed by atoms with Gasteiger partial charge in [0.2, 0.25) is 5.91 Å². The molecule has 3 heterocycles. The number of carbonyl (C=O) groups excluding carboxylic acids is 2. The van der Waals surface area contributed by atoms with Crippen molar-refractivity contribution in [3.8, 4) is 5.75 Å². The van der Waals surface area contributed by atoms with Crippen molar-refractivity contribution in [1.82, 2.24) is 14.8 Å². The summed E-state index contributed by atoms with van der Waals surface area (Å²) in [5, 5.41) is 0.807. The van der Waals surface area contributed by atoms with Crippen LogP contribution in [-0.4, -0.2) is 72.5 Å². The highest BCUT2D eigenvalue weighted by atomic mass is 16.5. The average Bonchev–Trinajstić information content (AvgIpc) is 2.91. The Labute approximate surface area is 206 Å². The van der Waals surface area contributed by atoms with Crippen LogP contribution < -0.4 is 9.64 Å². The Morgan fingerprint density at radius 2 is 1.74 bits per heavy atom. The van der Waals surface area contributed by atoms with Gasteiger partial charge in [-0.15, -0.1) is 0 Å². The number of aromatic nitrogens is 1. The zero-order chi connectivity index (χ0) is 24.0. The number of ether oxygens (including phenoxy) is 1. The Morgan fingerprint density at radius 1 is 0.914 bits per heavy atom. The van der Waals surface area contributed by atoms with E-state index < -0.39 is 0 Å². The van der Waals surface area contributed by atoms with E-state index in [1.165, 1.54) is 32.4 Å². The minimum absolute atomic E-state index is 0.0598. The number of piperazine rings is 1. The first-order valence-corrected chi connectivity index (χ1v) is 12.6. The molecule has 3 aromatic rings. The maximum atomic E-state index is 13.2. The number of likely N-dealkylation sites (tertiary alicyclic amines) is 1. The number of anilines is 1. The molecule has 0 spiro atoms. The Balaban J connectivity index is 1.14. The van der Waals surface area contributed by atoms with Gasteiger partial charge in [0.25, 0.3) is 5.91 Å². The maximum Gasteiger partial charge on any atom is 0.255 e. The van der Waals surface area contributed by atoms with Crippen LogP contribution in [0.2, 0.25) is 0 Å². The lowest BCUT2D eigenvalue weighted by Gasteiger charge is -2.34. The van der Waals surface area contributed by atoms with Crippen molar-refractivity contribution < 1.29 is 14.3 Å². The number of nitrogens with zero attached hydrogens (tertiary/aromatic N) is 4. The third-order valence-electron chi connectivity index (χ3n) is 6.87. The van der Waals surface area contributed by atoms with Gasteiger partial charge in [-0.2, -0.15) is 0 Å². The fourth-order valence-electron chi connectivity index (χ4n) is 4.96. The molecule has 0 N–H and O–H groups in total. The molecule has 182 valence electrons. The van der Waals surface area contributed by atoms with E-state index in [2.05, 4.69) is 9.88 Å². The highest BCUT2D eigenvalue weighted by Crippen LogP contribution is 2.24. The van der Waals surface area contributed by atoms with Crippen LogP contribution in [-0.2, 0) is 4.79 Å². The predicted molar refractivity (Wildman–Crippen MR) is 137 cm³/mol. The number of piperidine rings is 1. The lowest BCUT2D eigenvalue weighted by molar-refractivity contribution is -0.120. The maximum absolute atomic E-state index is 13.2. The lowest BCUT2D eigenvalue weighted by Crippen LogP contribution is -2.52. The standard InChI is InChI=1S/C28H32N4O3/c33-27-21-31(28(34)25-7-4-9-26-24(25)8-5-14-29-26)18-19-32(27)22-10-12-23(13-11-22)35-20-6-17-30-15-2-1-3-16-30/h4-5,7-14H,1-3,6,15-21H2. The van der Waals surface area contributed by atoms with Gasteiger partial charge < -0.3 is 19.4 Å². The summed E-state index contributed by atoms with van der Waals surface area (Å²) in [4.78, 5) is 36.3. The molecule has 2 aromatic carbocycles. The number of benzene rings is 2. The van der Waals surface area contributed by atoms with E-state index in [0.717, 1.165) is 35.3 Å². The zero-order valence-corrected chi connectivity index (χ0v) is 20.1. The van der Waals surface area contributed by atoms with Gasteiger partial charge in [0, 0.05) is 42.5 Å². The van der Waals surface area contributed by atoms with Crippen molar-refractivity contribution in [3.63, 3.8) is 0 Å². The largest absolute Gasteiger partial charge is 0.494 e. The van der Waals surface area contributed by atoms with Crippen LogP contribution in [0.1, 0.15) is 36.0 Å². The molecule has 1 aromatic heterocycles. The van der Waals surface area contributed by atoms with Crippen LogP contribution in [0.25, 0.3) is 10.9 Å². The number of fused-ring (bicyclic) bond motifs is 1. The van der Waals surface area contributed by atoms with Gasteiger partial charge in [-0.3, -0.25) is 14.6 Å². The second kappa shape index (κ2) is 10.9. The molecule has 0 atom stereocenters. The van der Waals surface area contributed by atoms with E-state index in [9.17, 15) is 9.59 Å². The van der Waals surface area contributed by atoms with Gasteiger partial charge >= 0.3 is 0 Å². The summed E-state index contributed by atoms with van der Waals surface area (Å²) in [6.07, 6.45) is 6.71. The zero-order valence-electron chi connectivity index (χ0n) is 20.1. The molecule has 35 heavy (non-hydrogen) atoms. The topological polar surface area (TPSA) is 66.0 Å². The number of hydrogen-bond acceptors (Lipinski definition) is 5. The van der Waals surface area contributed by atoms with E-state index in [-0.39, 0.29) is 18.4 Å². The minimum Gasteiger partial charge on any atom is -0.494 e. The first-order valence-electron chi connectivity index (χ1n) is 12.6. The normalized spacial score (nSPS) is 17.1. The molecular weight excluding hydrogens is 440 g/mol. The Bertz CT molecular complexity index is 1170.